The van der Waals surface area contributed by atoms with Gasteiger partial charge < -0.3 is 39.1 Å². The van der Waals surface area contributed by atoms with Crippen molar-refractivity contribution in [2.45, 2.75) is 84.5 Å². The highest BCUT2D eigenvalue weighted by atomic mass is 35.5. The Balaban J connectivity index is 1.33. The van der Waals surface area contributed by atoms with E-state index in [1.165, 1.54) is 11.1 Å². The zero-order valence-corrected chi connectivity index (χ0v) is 34.9. The minimum absolute atomic E-state index is 0.0261. The van der Waals surface area contributed by atoms with E-state index in [2.05, 4.69) is 6.07 Å². The highest BCUT2D eigenvalue weighted by molar-refractivity contribution is 6.37. The first-order chi connectivity index (χ1) is 27.2. The van der Waals surface area contributed by atoms with Crippen LogP contribution in [-0.2, 0) is 35.5 Å². The van der Waals surface area contributed by atoms with E-state index in [0.717, 1.165) is 52.7 Å². The maximum absolute atomic E-state index is 14.7. The highest BCUT2D eigenvalue weighted by Crippen LogP contribution is 2.35. The van der Waals surface area contributed by atoms with E-state index >= 15 is 0 Å². The second-order valence-corrected chi connectivity index (χ2v) is 16.3. The first-order valence-electron chi connectivity index (χ1n) is 19.2. The van der Waals surface area contributed by atoms with E-state index in [9.17, 15) is 19.9 Å². The number of halogens is 2. The van der Waals surface area contributed by atoms with E-state index in [1.807, 2.05) is 69.0 Å². The van der Waals surface area contributed by atoms with E-state index in [4.69, 9.17) is 42.1 Å². The number of carboxylic acid groups (broad SMARTS) is 1. The molecule has 2 amide bonds. The fourth-order valence-electron chi connectivity index (χ4n) is 6.63. The average molecular weight is 823 g/mol. The number of methoxy groups -OCH3 is 1. The highest BCUT2D eigenvalue weighted by Gasteiger charge is 2.39. The fraction of sp³-hybridized carbons (Fsp3) is 0.432. The number of hydrogen-bond donors (Lipinski definition) is 1. The smallest absolute Gasteiger partial charge is 0.407 e. The van der Waals surface area contributed by atoms with Crippen molar-refractivity contribution in [3.8, 4) is 17.2 Å². The van der Waals surface area contributed by atoms with Gasteiger partial charge in [0.05, 0.1) is 16.0 Å². The van der Waals surface area contributed by atoms with Gasteiger partial charge in [0.1, 0.15) is 24.7 Å². The second kappa shape index (κ2) is 20.1. The summed E-state index contributed by atoms with van der Waals surface area (Å²) in [6.07, 6.45) is 3.96. The van der Waals surface area contributed by atoms with Crippen molar-refractivity contribution in [1.29, 1.82) is 0 Å². The lowest BCUT2D eigenvalue weighted by atomic mass is 9.94. The SMILES string of the molecule is COCCCc1cc(CN(C(=O)C(Cc2ccc(OCCOc3c(Cl)cc(C)cc3Cl)cc2)CN(C(=O)O)C(C)(C)C)C2CC2)cc(OCc2cccc[n+]2[O-])c1. The lowest BCUT2D eigenvalue weighted by molar-refractivity contribution is -0.616. The zero-order chi connectivity index (χ0) is 41.1. The lowest BCUT2D eigenvalue weighted by Crippen LogP contribution is -2.51. The third-order valence-corrected chi connectivity index (χ3v) is 10.3. The van der Waals surface area contributed by atoms with Gasteiger partial charge in [-0.2, -0.15) is 4.73 Å². The summed E-state index contributed by atoms with van der Waals surface area (Å²) >= 11 is 12.6. The Kier molecular flexibility index (Phi) is 15.3. The maximum Gasteiger partial charge on any atom is 0.407 e. The largest absolute Gasteiger partial charge is 0.618 e. The number of benzene rings is 3. The van der Waals surface area contributed by atoms with Gasteiger partial charge in [0, 0.05) is 50.5 Å². The Labute approximate surface area is 345 Å². The minimum Gasteiger partial charge on any atom is -0.618 e. The molecule has 1 fully saturated rings. The van der Waals surface area contributed by atoms with Gasteiger partial charge in [-0.25, -0.2) is 4.79 Å². The van der Waals surface area contributed by atoms with Crippen LogP contribution in [0.5, 0.6) is 17.2 Å². The normalized spacial score (nSPS) is 13.2. The van der Waals surface area contributed by atoms with Crippen molar-refractivity contribution in [3.05, 3.63) is 122 Å². The molecule has 11 nitrogen and oxygen atoms in total. The molecule has 0 bridgehead atoms. The van der Waals surface area contributed by atoms with E-state index in [0.29, 0.717) is 52.6 Å². The summed E-state index contributed by atoms with van der Waals surface area (Å²) in [6, 6.07) is 22.2. The number of aryl methyl sites for hydroxylation is 2. The van der Waals surface area contributed by atoms with E-state index in [-0.39, 0.29) is 38.3 Å². The molecule has 5 rings (SSSR count). The van der Waals surface area contributed by atoms with Gasteiger partial charge in [-0.3, -0.25) is 4.79 Å². The van der Waals surface area contributed by atoms with Crippen molar-refractivity contribution < 1.29 is 38.4 Å². The van der Waals surface area contributed by atoms with Crippen molar-refractivity contribution in [1.82, 2.24) is 9.80 Å². The summed E-state index contributed by atoms with van der Waals surface area (Å²) < 4.78 is 23.9. The van der Waals surface area contributed by atoms with Crippen molar-refractivity contribution in [2.75, 3.05) is 33.5 Å². The molecule has 57 heavy (non-hydrogen) atoms. The summed E-state index contributed by atoms with van der Waals surface area (Å²) in [5.41, 5.74) is 3.48. The third kappa shape index (κ3) is 12.9. The van der Waals surface area contributed by atoms with Crippen LogP contribution in [0.2, 0.25) is 10.0 Å². The number of nitrogens with zero attached hydrogens (tertiary/aromatic N) is 3. The molecule has 306 valence electrons. The molecule has 1 aromatic heterocycles. The molecule has 1 aliphatic carbocycles. The fourth-order valence-corrected chi connectivity index (χ4v) is 7.33. The Bertz CT molecular complexity index is 1940. The summed E-state index contributed by atoms with van der Waals surface area (Å²) in [5.74, 6) is 0.867. The molecule has 4 aromatic rings. The number of rotatable bonds is 20. The van der Waals surface area contributed by atoms with Crippen LogP contribution < -0.4 is 18.9 Å². The molecule has 0 spiro atoms. The molecule has 1 N–H and O–H groups in total. The van der Waals surface area contributed by atoms with Crippen LogP contribution in [0.4, 0.5) is 4.79 Å². The van der Waals surface area contributed by atoms with Gasteiger partial charge in [0.25, 0.3) is 0 Å². The third-order valence-electron chi connectivity index (χ3n) is 9.69. The molecule has 0 aliphatic heterocycles. The van der Waals surface area contributed by atoms with Crippen LogP contribution >= 0.6 is 23.2 Å². The molecule has 13 heteroatoms. The van der Waals surface area contributed by atoms with Gasteiger partial charge >= 0.3 is 6.09 Å². The Morgan fingerprint density at radius 2 is 1.58 bits per heavy atom. The molecule has 1 saturated carbocycles. The number of hydrogen-bond acceptors (Lipinski definition) is 7. The number of aromatic nitrogens is 1. The summed E-state index contributed by atoms with van der Waals surface area (Å²) in [4.78, 5) is 30.5. The molecule has 0 radical (unpaired) electrons. The van der Waals surface area contributed by atoms with E-state index < -0.39 is 17.6 Å². The van der Waals surface area contributed by atoms with Gasteiger partial charge in [-0.05, 0) is 125 Å². The number of carbonyl (C=O) groups is 2. The van der Waals surface area contributed by atoms with Crippen molar-refractivity contribution in [3.63, 3.8) is 0 Å². The maximum atomic E-state index is 14.7. The molecule has 3 aromatic carbocycles. The number of carbonyl (C=O) groups excluding carboxylic acids is 1. The lowest BCUT2D eigenvalue weighted by Gasteiger charge is -2.37. The van der Waals surface area contributed by atoms with Crippen LogP contribution in [0.25, 0.3) is 0 Å². The molecule has 1 aliphatic rings. The molecule has 1 unspecified atom stereocenters. The monoisotopic (exact) mass is 821 g/mol. The van der Waals surface area contributed by atoms with Crippen LogP contribution in [0.15, 0.2) is 79.0 Å². The molecule has 0 saturated heterocycles. The topological polar surface area (TPSA) is 125 Å². The molecule has 1 atom stereocenters. The van der Waals surface area contributed by atoms with Gasteiger partial charge in [-0.1, -0.05) is 41.4 Å². The summed E-state index contributed by atoms with van der Waals surface area (Å²) in [6.45, 7) is 8.92. The van der Waals surface area contributed by atoms with Gasteiger partial charge in [-0.15, -0.1) is 0 Å². The van der Waals surface area contributed by atoms with Crippen LogP contribution in [-0.4, -0.2) is 72.0 Å². The molecular weight excluding hydrogens is 769 g/mol. The van der Waals surface area contributed by atoms with Crippen LogP contribution in [0, 0.1) is 18.0 Å². The first-order valence-corrected chi connectivity index (χ1v) is 20.0. The van der Waals surface area contributed by atoms with Gasteiger partial charge in [0.15, 0.2) is 18.6 Å². The zero-order valence-electron chi connectivity index (χ0n) is 33.3. The second-order valence-electron chi connectivity index (χ2n) is 15.4. The van der Waals surface area contributed by atoms with Gasteiger partial charge in [0.2, 0.25) is 11.6 Å². The van der Waals surface area contributed by atoms with Crippen molar-refractivity contribution >= 4 is 35.2 Å². The average Bonchev–Trinajstić information content (AvgIpc) is 4.00. The van der Waals surface area contributed by atoms with Crippen molar-refractivity contribution in [2.24, 2.45) is 5.92 Å². The number of amides is 2. The first kappa shape index (κ1) is 43.4. The predicted molar refractivity (Wildman–Crippen MR) is 220 cm³/mol. The predicted octanol–water partition coefficient (Wildman–Crippen LogP) is 8.68. The minimum atomic E-state index is -1.08. The quantitative estimate of drug-likeness (QED) is 0.0534. The number of ether oxygens (including phenoxy) is 4. The Morgan fingerprint density at radius 1 is 0.895 bits per heavy atom. The molecule has 1 heterocycles. The standard InChI is InChI=1S/C44H53Cl2N3O8/c1-30-21-39(45)41(40(46)22-30)56-20-19-55-37-15-11-31(12-16-37)24-34(28-48(43(51)52)44(2,3)4)42(50)47(35-13-14-35)27-33-23-32(9-8-18-54-5)25-38(26-33)57-29-36-10-6-7-17-49(36)53/h6-7,10-12,15-17,21-23,25-26,34-35H,8-9,13-14,18-20,24,27-29H2,1-5H3,(H,51,52). The Hall–Kier alpha value is -4.71. The van der Waals surface area contributed by atoms with Crippen LogP contribution in [0.3, 0.4) is 0 Å². The summed E-state index contributed by atoms with van der Waals surface area (Å²) in [5, 5.41) is 23.4. The molecular formula is C44H53Cl2N3O8. The Morgan fingerprint density at radius 3 is 2.21 bits per heavy atom. The van der Waals surface area contributed by atoms with Crippen LogP contribution in [0.1, 0.15) is 68.0 Å². The number of pyridine rings is 1. The van der Waals surface area contributed by atoms with E-state index in [1.54, 1.807) is 37.4 Å². The summed E-state index contributed by atoms with van der Waals surface area (Å²) in [7, 11) is 1.67.